The molecule has 0 radical (unpaired) electrons. The van der Waals surface area contributed by atoms with Crippen molar-refractivity contribution in [2.24, 2.45) is 0 Å². The lowest BCUT2D eigenvalue weighted by Crippen LogP contribution is -2.53. The minimum absolute atomic E-state index is 0.0668. The number of piperidine rings is 1. The molecule has 2 aromatic rings. The minimum Gasteiger partial charge on any atom is -0.502 e. The first kappa shape index (κ1) is 20.8. The van der Waals surface area contributed by atoms with Crippen molar-refractivity contribution in [2.45, 2.75) is 25.4 Å². The second-order valence-corrected chi connectivity index (χ2v) is 8.21. The van der Waals surface area contributed by atoms with Gasteiger partial charge in [0.1, 0.15) is 0 Å². The van der Waals surface area contributed by atoms with Crippen LogP contribution in [0.5, 0.6) is 17.2 Å². The number of anilines is 1. The zero-order valence-corrected chi connectivity index (χ0v) is 18.1. The van der Waals surface area contributed by atoms with Crippen molar-refractivity contribution in [3.8, 4) is 17.2 Å². The molecule has 0 aromatic heterocycles. The molecular weight excluding hydrogens is 378 g/mol. The zero-order valence-electron chi connectivity index (χ0n) is 18.1. The molecule has 6 heteroatoms. The summed E-state index contributed by atoms with van der Waals surface area (Å²) >= 11 is 0. The van der Waals surface area contributed by atoms with Crippen LogP contribution in [0.3, 0.4) is 0 Å². The summed E-state index contributed by atoms with van der Waals surface area (Å²) in [6.07, 6.45) is 2.41. The van der Waals surface area contributed by atoms with E-state index in [0.717, 1.165) is 51.4 Å². The van der Waals surface area contributed by atoms with E-state index in [1.165, 1.54) is 18.5 Å². The van der Waals surface area contributed by atoms with Crippen LogP contribution in [0.25, 0.3) is 0 Å². The standard InChI is InChI=1S/C24H33N3O3/c1-29-22-16-19(17-23(30-2)24(22)28)18-25-10-8-21(9-11-25)27-14-12-26(13-15-27)20-6-4-3-5-7-20/h3-7,16-17,21,28H,8-15,18H2,1-2H3. The summed E-state index contributed by atoms with van der Waals surface area (Å²) < 4.78 is 10.6. The van der Waals surface area contributed by atoms with Crippen LogP contribution < -0.4 is 14.4 Å². The number of para-hydroxylation sites is 1. The summed E-state index contributed by atoms with van der Waals surface area (Å²) in [6, 6.07) is 15.2. The van der Waals surface area contributed by atoms with Crippen LogP contribution in [0.1, 0.15) is 18.4 Å². The van der Waals surface area contributed by atoms with E-state index in [1.807, 2.05) is 12.1 Å². The maximum absolute atomic E-state index is 10.1. The van der Waals surface area contributed by atoms with Gasteiger partial charge < -0.3 is 19.5 Å². The molecule has 2 saturated heterocycles. The maximum atomic E-state index is 10.1. The molecule has 0 atom stereocenters. The predicted octanol–water partition coefficient (Wildman–Crippen LogP) is 3.20. The lowest BCUT2D eigenvalue weighted by Gasteiger charge is -2.43. The first-order chi connectivity index (χ1) is 14.7. The van der Waals surface area contributed by atoms with Gasteiger partial charge in [-0.2, -0.15) is 0 Å². The Balaban J connectivity index is 1.28. The highest BCUT2D eigenvalue weighted by Crippen LogP contribution is 2.37. The van der Waals surface area contributed by atoms with Crippen LogP contribution in [0.15, 0.2) is 42.5 Å². The molecule has 2 aromatic carbocycles. The van der Waals surface area contributed by atoms with Crippen molar-refractivity contribution in [3.05, 3.63) is 48.0 Å². The number of methoxy groups -OCH3 is 2. The first-order valence-corrected chi connectivity index (χ1v) is 10.9. The van der Waals surface area contributed by atoms with Gasteiger partial charge in [-0.15, -0.1) is 0 Å². The molecular formula is C24H33N3O3. The predicted molar refractivity (Wildman–Crippen MR) is 120 cm³/mol. The van der Waals surface area contributed by atoms with Gasteiger partial charge in [-0.1, -0.05) is 18.2 Å². The number of aromatic hydroxyl groups is 1. The summed E-state index contributed by atoms with van der Waals surface area (Å²) in [6.45, 7) is 7.54. The van der Waals surface area contributed by atoms with Crippen LogP contribution in [0, 0.1) is 0 Å². The monoisotopic (exact) mass is 411 g/mol. The Morgan fingerprint density at radius 2 is 1.47 bits per heavy atom. The van der Waals surface area contributed by atoms with Crippen molar-refractivity contribution < 1.29 is 14.6 Å². The van der Waals surface area contributed by atoms with E-state index >= 15 is 0 Å². The maximum Gasteiger partial charge on any atom is 0.200 e. The van der Waals surface area contributed by atoms with E-state index in [-0.39, 0.29) is 5.75 Å². The largest absolute Gasteiger partial charge is 0.502 e. The molecule has 2 aliphatic heterocycles. The number of ether oxygens (including phenoxy) is 2. The molecule has 2 fully saturated rings. The third kappa shape index (κ3) is 4.65. The second kappa shape index (κ2) is 9.58. The van der Waals surface area contributed by atoms with Gasteiger partial charge in [0.15, 0.2) is 11.5 Å². The number of likely N-dealkylation sites (tertiary alicyclic amines) is 1. The van der Waals surface area contributed by atoms with Gasteiger partial charge in [0.05, 0.1) is 14.2 Å². The molecule has 0 saturated carbocycles. The number of hydrogen-bond donors (Lipinski definition) is 1. The molecule has 4 rings (SSSR count). The molecule has 2 heterocycles. The number of phenolic OH excluding ortho intramolecular Hbond substituents is 1. The van der Waals surface area contributed by atoms with Crippen molar-refractivity contribution in [2.75, 3.05) is 58.4 Å². The molecule has 30 heavy (non-hydrogen) atoms. The molecule has 0 aliphatic carbocycles. The SMILES string of the molecule is COc1cc(CN2CCC(N3CCN(c4ccccc4)CC3)CC2)cc(OC)c1O. The van der Waals surface area contributed by atoms with Crippen LogP contribution >= 0.6 is 0 Å². The summed E-state index contributed by atoms with van der Waals surface area (Å²) in [4.78, 5) is 7.67. The third-order valence-corrected chi connectivity index (χ3v) is 6.45. The van der Waals surface area contributed by atoms with Crippen molar-refractivity contribution in [1.82, 2.24) is 9.80 Å². The summed E-state index contributed by atoms with van der Waals surface area (Å²) in [5, 5.41) is 10.1. The van der Waals surface area contributed by atoms with Crippen LogP contribution in [-0.2, 0) is 6.54 Å². The minimum atomic E-state index is 0.0668. The van der Waals surface area contributed by atoms with Crippen LogP contribution in [0.2, 0.25) is 0 Å². The lowest BCUT2D eigenvalue weighted by atomic mass is 10.0. The Hall–Kier alpha value is -2.44. The van der Waals surface area contributed by atoms with E-state index < -0.39 is 0 Å². The highest BCUT2D eigenvalue weighted by Gasteiger charge is 2.27. The highest BCUT2D eigenvalue weighted by atomic mass is 16.5. The topological polar surface area (TPSA) is 48.4 Å². The third-order valence-electron chi connectivity index (χ3n) is 6.45. The van der Waals surface area contributed by atoms with Crippen LogP contribution in [-0.4, -0.2) is 74.4 Å². The Kier molecular flexibility index (Phi) is 6.65. The summed E-state index contributed by atoms with van der Waals surface area (Å²) in [5.41, 5.74) is 2.45. The van der Waals surface area contributed by atoms with Crippen molar-refractivity contribution >= 4 is 5.69 Å². The fraction of sp³-hybridized carbons (Fsp3) is 0.500. The molecule has 1 N–H and O–H groups in total. The number of rotatable bonds is 6. The average Bonchev–Trinajstić information content (AvgIpc) is 2.81. The van der Waals surface area contributed by atoms with E-state index in [2.05, 4.69) is 45.0 Å². The zero-order chi connectivity index (χ0) is 20.9. The fourth-order valence-corrected chi connectivity index (χ4v) is 4.72. The number of benzene rings is 2. The Morgan fingerprint density at radius 1 is 0.867 bits per heavy atom. The van der Waals surface area contributed by atoms with E-state index in [9.17, 15) is 5.11 Å². The van der Waals surface area contributed by atoms with Crippen molar-refractivity contribution in [3.63, 3.8) is 0 Å². The van der Waals surface area contributed by atoms with Gasteiger partial charge in [-0.05, 0) is 55.8 Å². The summed E-state index contributed by atoms with van der Waals surface area (Å²) in [5.74, 6) is 1.00. The average molecular weight is 412 g/mol. The number of nitrogens with zero attached hydrogens (tertiary/aromatic N) is 3. The molecule has 0 unspecified atom stereocenters. The Bertz CT molecular complexity index is 789. The number of phenols is 1. The molecule has 162 valence electrons. The molecule has 0 amide bonds. The normalized spacial score (nSPS) is 19.1. The molecule has 6 nitrogen and oxygen atoms in total. The lowest BCUT2D eigenvalue weighted by molar-refractivity contribution is 0.0997. The van der Waals surface area contributed by atoms with Gasteiger partial charge in [-0.3, -0.25) is 9.80 Å². The van der Waals surface area contributed by atoms with Crippen LogP contribution in [0.4, 0.5) is 5.69 Å². The smallest absolute Gasteiger partial charge is 0.200 e. The molecule has 0 spiro atoms. The quantitative estimate of drug-likeness (QED) is 0.788. The van der Waals surface area contributed by atoms with Gasteiger partial charge in [0.25, 0.3) is 0 Å². The Morgan fingerprint density at radius 3 is 2.03 bits per heavy atom. The fourth-order valence-electron chi connectivity index (χ4n) is 4.72. The first-order valence-electron chi connectivity index (χ1n) is 10.9. The molecule has 2 aliphatic rings. The van der Waals surface area contributed by atoms with Gasteiger partial charge in [0.2, 0.25) is 5.75 Å². The summed E-state index contributed by atoms with van der Waals surface area (Å²) in [7, 11) is 3.14. The number of piperazine rings is 1. The van der Waals surface area contributed by atoms with E-state index in [4.69, 9.17) is 9.47 Å². The van der Waals surface area contributed by atoms with E-state index in [0.29, 0.717) is 17.5 Å². The van der Waals surface area contributed by atoms with Gasteiger partial charge in [0, 0.05) is 44.5 Å². The van der Waals surface area contributed by atoms with Gasteiger partial charge >= 0.3 is 0 Å². The molecule has 0 bridgehead atoms. The second-order valence-electron chi connectivity index (χ2n) is 8.21. The number of hydrogen-bond acceptors (Lipinski definition) is 6. The highest BCUT2D eigenvalue weighted by molar-refractivity contribution is 5.52. The van der Waals surface area contributed by atoms with Gasteiger partial charge in [-0.25, -0.2) is 0 Å². The van der Waals surface area contributed by atoms with Crippen molar-refractivity contribution in [1.29, 1.82) is 0 Å². The Labute approximate surface area is 179 Å². The van der Waals surface area contributed by atoms with E-state index in [1.54, 1.807) is 14.2 Å².